The summed E-state index contributed by atoms with van der Waals surface area (Å²) in [6, 6.07) is 4.76. The van der Waals surface area contributed by atoms with Crippen molar-refractivity contribution in [1.29, 1.82) is 0 Å². The second kappa shape index (κ2) is 5.95. The molecule has 0 saturated heterocycles. The highest BCUT2D eigenvalue weighted by atomic mass is 32.2. The third kappa shape index (κ3) is 3.83. The molecule has 0 amide bonds. The maximum Gasteiger partial charge on any atom is 0.318 e. The normalized spacial score (nSPS) is 15.9. The van der Waals surface area contributed by atoms with Crippen molar-refractivity contribution in [3.05, 3.63) is 24.3 Å². The van der Waals surface area contributed by atoms with Crippen LogP contribution in [0.1, 0.15) is 12.8 Å². The lowest BCUT2D eigenvalue weighted by atomic mass is 10.4. The van der Waals surface area contributed by atoms with E-state index in [4.69, 9.17) is 5.11 Å². The zero-order valence-corrected chi connectivity index (χ0v) is 13.4. The van der Waals surface area contributed by atoms with Crippen LogP contribution in [0, 0.1) is 0 Å². The molecule has 2 rings (SSSR count). The summed E-state index contributed by atoms with van der Waals surface area (Å²) in [4.78, 5) is 10.2. The number of hydrogen-bond acceptors (Lipinski definition) is 5. The van der Waals surface area contributed by atoms with Crippen molar-refractivity contribution in [2.75, 3.05) is 13.6 Å². The predicted octanol–water partition coefficient (Wildman–Crippen LogP) is -0.168. The Morgan fingerprint density at radius 2 is 1.86 bits per heavy atom. The van der Waals surface area contributed by atoms with Crippen LogP contribution in [-0.4, -0.2) is 51.9 Å². The van der Waals surface area contributed by atoms with Gasteiger partial charge in [0.2, 0.25) is 20.0 Å². The van der Waals surface area contributed by atoms with Gasteiger partial charge in [-0.05, 0) is 31.0 Å². The van der Waals surface area contributed by atoms with Gasteiger partial charge in [-0.15, -0.1) is 0 Å². The highest BCUT2D eigenvalue weighted by Crippen LogP contribution is 2.24. The summed E-state index contributed by atoms with van der Waals surface area (Å²) in [6.07, 6.45) is 1.52. The molecule has 8 nitrogen and oxygen atoms in total. The van der Waals surface area contributed by atoms with Gasteiger partial charge >= 0.3 is 5.97 Å². The molecule has 0 unspecified atom stereocenters. The largest absolute Gasteiger partial charge is 0.480 e. The van der Waals surface area contributed by atoms with Gasteiger partial charge in [0.05, 0.1) is 9.79 Å². The second-order valence-electron chi connectivity index (χ2n) is 5.03. The summed E-state index contributed by atoms with van der Waals surface area (Å²) in [6.45, 7) is -0.709. The van der Waals surface area contributed by atoms with E-state index < -0.39 is 32.6 Å². The van der Waals surface area contributed by atoms with Crippen LogP contribution in [-0.2, 0) is 24.8 Å². The maximum atomic E-state index is 12.2. The molecule has 0 aromatic heterocycles. The quantitative estimate of drug-likeness (QED) is 0.706. The van der Waals surface area contributed by atoms with Gasteiger partial charge in [-0.25, -0.2) is 21.6 Å². The van der Waals surface area contributed by atoms with Crippen LogP contribution < -0.4 is 4.72 Å². The molecule has 0 radical (unpaired) electrons. The van der Waals surface area contributed by atoms with E-state index in [0.29, 0.717) is 4.31 Å². The third-order valence-electron chi connectivity index (χ3n) is 3.08. The van der Waals surface area contributed by atoms with Crippen LogP contribution in [0.5, 0.6) is 0 Å². The van der Waals surface area contributed by atoms with E-state index >= 15 is 0 Å². The fraction of sp³-hybridized carbons (Fsp3) is 0.417. The molecule has 0 heterocycles. The summed E-state index contributed by atoms with van der Waals surface area (Å²) in [5.41, 5.74) is 0. The topological polar surface area (TPSA) is 121 Å². The van der Waals surface area contributed by atoms with Crippen molar-refractivity contribution in [1.82, 2.24) is 9.03 Å². The van der Waals surface area contributed by atoms with Crippen LogP contribution in [0.3, 0.4) is 0 Å². The summed E-state index contributed by atoms with van der Waals surface area (Å²) in [7, 11) is -6.73. The van der Waals surface area contributed by atoms with E-state index in [2.05, 4.69) is 4.72 Å². The van der Waals surface area contributed by atoms with Gasteiger partial charge in [-0.2, -0.15) is 4.31 Å². The molecule has 1 fully saturated rings. The molecule has 0 spiro atoms. The minimum absolute atomic E-state index is 0.0973. The number of nitrogens with one attached hydrogen (secondary N) is 1. The number of aliphatic carboxylic acids is 1. The van der Waals surface area contributed by atoms with Gasteiger partial charge in [-0.3, -0.25) is 4.79 Å². The standard InChI is InChI=1S/C12H16N2O6S2/c1-14(8-12(15)16)22(19,20)11-4-2-3-10(7-11)21(17,18)13-9-5-6-9/h2-4,7,9,13H,5-6,8H2,1H3,(H,15,16). The van der Waals surface area contributed by atoms with Gasteiger partial charge < -0.3 is 5.11 Å². The molecule has 2 N–H and O–H groups in total. The fourth-order valence-corrected chi connectivity index (χ4v) is 4.34. The lowest BCUT2D eigenvalue weighted by Crippen LogP contribution is -2.32. The number of benzene rings is 1. The smallest absolute Gasteiger partial charge is 0.318 e. The molecular weight excluding hydrogens is 332 g/mol. The Morgan fingerprint density at radius 3 is 2.41 bits per heavy atom. The Bertz CT molecular complexity index is 784. The zero-order chi connectivity index (χ0) is 16.5. The van der Waals surface area contributed by atoms with E-state index in [0.717, 1.165) is 26.0 Å². The first kappa shape index (κ1) is 16.9. The van der Waals surface area contributed by atoms with Gasteiger partial charge in [0.1, 0.15) is 6.54 Å². The highest BCUT2D eigenvalue weighted by Gasteiger charge is 2.29. The van der Waals surface area contributed by atoms with E-state index in [1.165, 1.54) is 18.2 Å². The Hall–Kier alpha value is -1.49. The first-order valence-corrected chi connectivity index (χ1v) is 9.36. The van der Waals surface area contributed by atoms with Crippen LogP contribution >= 0.6 is 0 Å². The Labute approximate surface area is 128 Å². The predicted molar refractivity (Wildman–Crippen MR) is 77.2 cm³/mol. The number of carbonyl (C=O) groups is 1. The number of carboxylic acid groups (broad SMARTS) is 1. The van der Waals surface area contributed by atoms with Gasteiger partial charge in [-0.1, -0.05) is 6.07 Å². The number of sulfonamides is 2. The van der Waals surface area contributed by atoms with Crippen molar-refractivity contribution < 1.29 is 26.7 Å². The van der Waals surface area contributed by atoms with Crippen LogP contribution in [0.4, 0.5) is 0 Å². The molecule has 1 aliphatic rings. The van der Waals surface area contributed by atoms with Gasteiger partial charge in [0.15, 0.2) is 0 Å². The first-order valence-electron chi connectivity index (χ1n) is 6.43. The van der Waals surface area contributed by atoms with Crippen molar-refractivity contribution in [3.8, 4) is 0 Å². The molecule has 22 heavy (non-hydrogen) atoms. The highest BCUT2D eigenvalue weighted by molar-refractivity contribution is 7.90. The molecule has 122 valence electrons. The third-order valence-corrected chi connectivity index (χ3v) is 6.40. The molecule has 0 bridgehead atoms. The van der Waals surface area contributed by atoms with Crippen molar-refractivity contribution >= 4 is 26.0 Å². The number of rotatable bonds is 7. The molecule has 1 aliphatic carbocycles. The maximum absolute atomic E-state index is 12.2. The minimum Gasteiger partial charge on any atom is -0.480 e. The summed E-state index contributed by atoms with van der Waals surface area (Å²) in [5.74, 6) is -1.30. The number of nitrogens with zero attached hydrogens (tertiary/aromatic N) is 1. The summed E-state index contributed by atoms with van der Waals surface area (Å²) < 4.78 is 51.8. The van der Waals surface area contributed by atoms with Crippen LogP contribution in [0.15, 0.2) is 34.1 Å². The van der Waals surface area contributed by atoms with E-state index in [1.807, 2.05) is 0 Å². The molecule has 0 atom stereocenters. The molecule has 1 aromatic rings. The van der Waals surface area contributed by atoms with Gasteiger partial charge in [0, 0.05) is 13.1 Å². The van der Waals surface area contributed by atoms with Crippen molar-refractivity contribution in [2.45, 2.75) is 28.7 Å². The molecule has 10 heteroatoms. The lowest BCUT2D eigenvalue weighted by Gasteiger charge is -2.15. The first-order chi connectivity index (χ1) is 10.1. The lowest BCUT2D eigenvalue weighted by molar-refractivity contribution is -0.137. The van der Waals surface area contributed by atoms with E-state index in [9.17, 15) is 21.6 Å². The Balaban J connectivity index is 2.33. The Kier molecular flexibility index (Phi) is 4.57. The number of hydrogen-bond donors (Lipinski definition) is 2. The molecular formula is C12H16N2O6S2. The Morgan fingerprint density at radius 1 is 1.27 bits per heavy atom. The van der Waals surface area contributed by atoms with Crippen LogP contribution in [0.25, 0.3) is 0 Å². The van der Waals surface area contributed by atoms with Crippen LogP contribution in [0.2, 0.25) is 0 Å². The van der Waals surface area contributed by atoms with E-state index in [-0.39, 0.29) is 15.8 Å². The average molecular weight is 348 g/mol. The zero-order valence-electron chi connectivity index (χ0n) is 11.8. The summed E-state index contributed by atoms with van der Waals surface area (Å²) >= 11 is 0. The molecule has 1 aromatic carbocycles. The summed E-state index contributed by atoms with van der Waals surface area (Å²) in [5, 5.41) is 8.67. The van der Waals surface area contributed by atoms with Crippen molar-refractivity contribution in [2.24, 2.45) is 0 Å². The fourth-order valence-electron chi connectivity index (χ4n) is 1.75. The number of likely N-dealkylation sites (N-methyl/N-ethyl adjacent to an activating group) is 1. The second-order valence-corrected chi connectivity index (χ2v) is 8.78. The van der Waals surface area contributed by atoms with Gasteiger partial charge in [0.25, 0.3) is 0 Å². The van der Waals surface area contributed by atoms with Crippen molar-refractivity contribution in [3.63, 3.8) is 0 Å². The monoisotopic (exact) mass is 348 g/mol. The minimum atomic E-state index is -4.07. The van der Waals surface area contributed by atoms with E-state index in [1.54, 1.807) is 0 Å². The average Bonchev–Trinajstić information content (AvgIpc) is 3.21. The SMILES string of the molecule is CN(CC(=O)O)S(=O)(=O)c1cccc(S(=O)(=O)NC2CC2)c1. The molecule has 0 aliphatic heterocycles. The number of carboxylic acids is 1. The molecule has 1 saturated carbocycles.